The van der Waals surface area contributed by atoms with Gasteiger partial charge in [0.1, 0.15) is 30.3 Å². The van der Waals surface area contributed by atoms with Gasteiger partial charge in [0.15, 0.2) is 23.1 Å². The van der Waals surface area contributed by atoms with Crippen molar-refractivity contribution in [1.29, 1.82) is 0 Å². The van der Waals surface area contributed by atoms with Crippen LogP contribution in [0.5, 0.6) is 17.4 Å². The highest BCUT2D eigenvalue weighted by atomic mass is 35.5. The molecule has 0 saturated heterocycles. The van der Waals surface area contributed by atoms with Crippen LogP contribution in [0.3, 0.4) is 0 Å². The number of aromatic amines is 1. The van der Waals surface area contributed by atoms with Gasteiger partial charge in [-0.1, -0.05) is 11.6 Å². The van der Waals surface area contributed by atoms with Gasteiger partial charge in [0.25, 0.3) is 0 Å². The van der Waals surface area contributed by atoms with Gasteiger partial charge in [0, 0.05) is 12.5 Å². The number of halogens is 4. The molecule has 10 nitrogen and oxygen atoms in total. The molecular formula is C26H24ClF3N4O6. The first-order valence-corrected chi connectivity index (χ1v) is 12.3. The largest absolute Gasteiger partial charge is 0.496 e. The minimum absolute atomic E-state index is 0.0190. The van der Waals surface area contributed by atoms with Crippen LogP contribution >= 0.6 is 11.6 Å². The molecule has 0 saturated carbocycles. The van der Waals surface area contributed by atoms with E-state index in [1.165, 1.54) is 32.4 Å². The zero-order valence-corrected chi connectivity index (χ0v) is 22.4. The second-order valence-corrected chi connectivity index (χ2v) is 8.70. The Hall–Kier alpha value is -4.26. The zero-order chi connectivity index (χ0) is 29.0. The fraction of sp³-hybridized carbons (Fsp3) is 0.308. The van der Waals surface area contributed by atoms with Gasteiger partial charge in [-0.05, 0) is 37.1 Å². The molecule has 0 atom stereocenters. The fourth-order valence-corrected chi connectivity index (χ4v) is 4.31. The third-order valence-electron chi connectivity index (χ3n) is 5.88. The molecule has 2 heterocycles. The molecule has 0 aliphatic carbocycles. The van der Waals surface area contributed by atoms with Crippen molar-refractivity contribution in [3.8, 4) is 23.1 Å². The van der Waals surface area contributed by atoms with Gasteiger partial charge >= 0.3 is 11.7 Å². The van der Waals surface area contributed by atoms with E-state index in [1.807, 2.05) is 0 Å². The van der Waals surface area contributed by atoms with Crippen molar-refractivity contribution in [1.82, 2.24) is 19.5 Å². The lowest BCUT2D eigenvalue weighted by molar-refractivity contribution is -0.143. The first-order chi connectivity index (χ1) is 19.2. The highest BCUT2D eigenvalue weighted by molar-refractivity contribution is 6.32. The number of nitrogens with zero attached hydrogens (tertiary/aromatic N) is 3. The molecule has 1 N–H and O–H groups in total. The van der Waals surface area contributed by atoms with E-state index < -0.39 is 36.6 Å². The number of carbonyl (C=O) groups is 1. The van der Waals surface area contributed by atoms with Crippen LogP contribution < -0.4 is 19.9 Å². The monoisotopic (exact) mass is 580 g/mol. The van der Waals surface area contributed by atoms with Crippen molar-refractivity contribution < 1.29 is 36.9 Å². The van der Waals surface area contributed by atoms with Crippen molar-refractivity contribution in [2.75, 3.05) is 20.8 Å². The Morgan fingerprint density at radius 2 is 1.90 bits per heavy atom. The number of carbonyl (C=O) groups excluding carboxylic acids is 1. The summed E-state index contributed by atoms with van der Waals surface area (Å²) in [4.78, 5) is 35.6. The number of rotatable bonds is 11. The standard InChI is InChI=1S/C26H24ClF3N4O6/c1-4-39-21(35)8-5-13-9-15(27)17(10-19(13)40-12-14-18(37-2)7-6-16(29)22(14)30)34-24-23(33-26(34)36)25(38-3)32-20(11-28)31-24/h6-7,9-10H,4-5,8,11-12H2,1-3H3,(H,33,36). The van der Waals surface area contributed by atoms with E-state index in [0.717, 1.165) is 10.6 Å². The van der Waals surface area contributed by atoms with Crippen LogP contribution in [0.25, 0.3) is 16.9 Å². The van der Waals surface area contributed by atoms with Crippen LogP contribution in [0.4, 0.5) is 13.2 Å². The Balaban J connectivity index is 1.84. The second kappa shape index (κ2) is 12.3. The molecule has 0 fully saturated rings. The number of benzene rings is 2. The molecule has 0 bridgehead atoms. The SMILES string of the molecule is CCOC(=O)CCc1cc(Cl)c(-n2c(=O)[nH]c3c(OC)nc(CF)nc32)cc1OCc1c(OC)ccc(F)c1F. The number of aromatic nitrogens is 4. The zero-order valence-electron chi connectivity index (χ0n) is 21.6. The lowest BCUT2D eigenvalue weighted by Crippen LogP contribution is -2.16. The smallest absolute Gasteiger partial charge is 0.332 e. The van der Waals surface area contributed by atoms with Gasteiger partial charge in [-0.25, -0.2) is 27.5 Å². The van der Waals surface area contributed by atoms with Crippen molar-refractivity contribution in [3.05, 3.63) is 68.4 Å². The average molecular weight is 581 g/mol. The predicted molar refractivity (Wildman–Crippen MR) is 138 cm³/mol. The van der Waals surface area contributed by atoms with Crippen LogP contribution in [-0.2, 0) is 29.2 Å². The second-order valence-electron chi connectivity index (χ2n) is 8.29. The van der Waals surface area contributed by atoms with Gasteiger partial charge < -0.3 is 18.9 Å². The molecule has 0 radical (unpaired) electrons. The van der Waals surface area contributed by atoms with E-state index in [4.69, 9.17) is 30.5 Å². The molecule has 2 aromatic carbocycles. The van der Waals surface area contributed by atoms with Gasteiger partial charge in [-0.15, -0.1) is 0 Å². The van der Waals surface area contributed by atoms with Crippen LogP contribution in [0, 0.1) is 11.6 Å². The maximum absolute atomic E-state index is 14.6. The number of fused-ring (bicyclic) bond motifs is 1. The molecule has 0 unspecified atom stereocenters. The van der Waals surface area contributed by atoms with Gasteiger partial charge in [-0.3, -0.25) is 9.78 Å². The number of hydrogen-bond acceptors (Lipinski definition) is 8. The topological polar surface area (TPSA) is 118 Å². The number of esters is 1. The van der Waals surface area contributed by atoms with Crippen molar-refractivity contribution in [2.24, 2.45) is 0 Å². The van der Waals surface area contributed by atoms with Gasteiger partial charge in [0.2, 0.25) is 5.88 Å². The maximum Gasteiger partial charge on any atom is 0.332 e. The summed E-state index contributed by atoms with van der Waals surface area (Å²) in [6.45, 7) is 0.369. The molecule has 14 heteroatoms. The quantitative estimate of drug-likeness (QED) is 0.256. The Morgan fingerprint density at radius 1 is 1.12 bits per heavy atom. The molecule has 212 valence electrons. The molecule has 40 heavy (non-hydrogen) atoms. The van der Waals surface area contributed by atoms with E-state index >= 15 is 0 Å². The lowest BCUT2D eigenvalue weighted by Gasteiger charge is -2.17. The van der Waals surface area contributed by atoms with E-state index in [9.17, 15) is 22.8 Å². The molecule has 4 aromatic rings. The summed E-state index contributed by atoms with van der Waals surface area (Å²) in [5.41, 5.74) is -0.309. The third kappa shape index (κ3) is 5.69. The third-order valence-corrected chi connectivity index (χ3v) is 6.19. The van der Waals surface area contributed by atoms with Crippen LogP contribution in [0.2, 0.25) is 5.02 Å². The summed E-state index contributed by atoms with van der Waals surface area (Å²) in [5.74, 6) is -2.86. The Kier molecular flexibility index (Phi) is 8.83. The Morgan fingerprint density at radius 3 is 2.58 bits per heavy atom. The number of methoxy groups -OCH3 is 2. The molecular weight excluding hydrogens is 557 g/mol. The summed E-state index contributed by atoms with van der Waals surface area (Å²) in [5, 5.41) is 0.0584. The number of nitrogens with one attached hydrogen (secondary N) is 1. The van der Waals surface area contributed by atoms with Crippen molar-refractivity contribution >= 4 is 28.7 Å². The predicted octanol–water partition coefficient (Wildman–Crippen LogP) is 4.60. The highest BCUT2D eigenvalue weighted by Crippen LogP contribution is 2.34. The number of ether oxygens (including phenoxy) is 4. The first kappa shape index (κ1) is 28.7. The molecule has 0 spiro atoms. The van der Waals surface area contributed by atoms with Gasteiger partial charge in [0.05, 0.1) is 37.1 Å². The minimum Gasteiger partial charge on any atom is -0.496 e. The van der Waals surface area contributed by atoms with Crippen LogP contribution in [-0.4, -0.2) is 46.3 Å². The number of hydrogen-bond donors (Lipinski definition) is 1. The summed E-state index contributed by atoms with van der Waals surface area (Å²) in [6.07, 6.45) is 0.0799. The summed E-state index contributed by atoms with van der Waals surface area (Å²) >= 11 is 6.58. The maximum atomic E-state index is 14.6. The molecule has 0 aliphatic heterocycles. The summed E-state index contributed by atoms with van der Waals surface area (Å²) in [6, 6.07) is 5.02. The Bertz CT molecular complexity index is 1620. The molecule has 2 aromatic heterocycles. The van der Waals surface area contributed by atoms with Crippen molar-refractivity contribution in [2.45, 2.75) is 33.0 Å². The van der Waals surface area contributed by atoms with Gasteiger partial charge in [-0.2, -0.15) is 4.98 Å². The number of imidazole rings is 1. The number of aryl methyl sites for hydroxylation is 1. The van der Waals surface area contributed by atoms with Crippen LogP contribution in [0.1, 0.15) is 30.3 Å². The molecule has 0 amide bonds. The molecule has 0 aliphatic rings. The number of alkyl halides is 1. The van der Waals surface area contributed by atoms with E-state index in [-0.39, 0.29) is 70.1 Å². The minimum atomic E-state index is -1.16. The van der Waals surface area contributed by atoms with E-state index in [2.05, 4.69) is 15.0 Å². The lowest BCUT2D eigenvalue weighted by atomic mass is 10.1. The fourth-order valence-electron chi connectivity index (χ4n) is 4.04. The normalized spacial score (nSPS) is 11.1. The average Bonchev–Trinajstić information content (AvgIpc) is 3.28. The van der Waals surface area contributed by atoms with E-state index in [1.54, 1.807) is 6.92 Å². The summed E-state index contributed by atoms with van der Waals surface area (Å²) < 4.78 is 64.3. The molecule has 4 rings (SSSR count). The van der Waals surface area contributed by atoms with Crippen molar-refractivity contribution in [3.63, 3.8) is 0 Å². The van der Waals surface area contributed by atoms with Crippen LogP contribution in [0.15, 0.2) is 29.1 Å². The van der Waals surface area contributed by atoms with E-state index in [0.29, 0.717) is 5.56 Å². The summed E-state index contributed by atoms with van der Waals surface area (Å²) in [7, 11) is 2.60. The first-order valence-electron chi connectivity index (χ1n) is 12.0. The highest BCUT2D eigenvalue weighted by Gasteiger charge is 2.22. The Labute approximate surface area is 230 Å². The number of H-pyrrole nitrogens is 1.